The Balaban J connectivity index is 2.75. The van der Waals surface area contributed by atoms with Gasteiger partial charge in [-0.15, -0.1) is 0 Å². The van der Waals surface area contributed by atoms with E-state index >= 15 is 0 Å². The minimum atomic E-state index is -4.22. The maximum atomic E-state index is 11.9. The second-order valence-corrected chi connectivity index (χ2v) is 3.23. The fourth-order valence-corrected chi connectivity index (χ4v) is 1.29. The maximum absolute atomic E-state index is 11.9. The van der Waals surface area contributed by atoms with Crippen LogP contribution in [-0.2, 0) is 6.42 Å². The zero-order chi connectivity index (χ0) is 11.6. The number of aromatic nitrogens is 1. The molecule has 0 saturated carbocycles. The van der Waals surface area contributed by atoms with Crippen molar-refractivity contribution in [1.29, 1.82) is 0 Å². The number of aromatic carboxylic acids is 1. The Hall–Kier alpha value is -1.46. The molecule has 0 aliphatic rings. The van der Waals surface area contributed by atoms with Crippen LogP contribution in [-0.4, -0.2) is 22.2 Å². The van der Waals surface area contributed by atoms with Crippen molar-refractivity contribution in [3.8, 4) is 0 Å². The number of carboxylic acids is 1. The number of hydrogen-bond acceptors (Lipinski definition) is 1. The molecule has 2 N–H and O–H groups in total. The average Bonchev–Trinajstić information content (AvgIpc) is 2.42. The van der Waals surface area contributed by atoms with Crippen molar-refractivity contribution in [2.75, 3.05) is 0 Å². The van der Waals surface area contributed by atoms with E-state index in [1.165, 1.54) is 13.1 Å². The van der Waals surface area contributed by atoms with Gasteiger partial charge in [-0.25, -0.2) is 4.79 Å². The number of alkyl halides is 3. The third-order valence-corrected chi connectivity index (χ3v) is 2.14. The van der Waals surface area contributed by atoms with Crippen molar-refractivity contribution in [3.63, 3.8) is 0 Å². The zero-order valence-electron chi connectivity index (χ0n) is 7.98. The fraction of sp³-hybridized carbons (Fsp3) is 0.444. The summed E-state index contributed by atoms with van der Waals surface area (Å²) in [5, 5.41) is 8.65. The molecule has 0 aliphatic carbocycles. The highest BCUT2D eigenvalue weighted by Crippen LogP contribution is 2.24. The lowest BCUT2D eigenvalue weighted by Gasteiger charge is -2.05. The molecule has 84 valence electrons. The maximum Gasteiger partial charge on any atom is 0.389 e. The largest absolute Gasteiger partial charge is 0.477 e. The molecule has 0 aromatic carbocycles. The smallest absolute Gasteiger partial charge is 0.389 e. The third kappa shape index (κ3) is 3.00. The molecule has 0 bridgehead atoms. The van der Waals surface area contributed by atoms with E-state index in [1.807, 2.05) is 0 Å². The van der Waals surface area contributed by atoms with Crippen LogP contribution < -0.4 is 0 Å². The Kier molecular flexibility index (Phi) is 3.06. The van der Waals surface area contributed by atoms with Crippen LogP contribution >= 0.6 is 0 Å². The number of carbonyl (C=O) groups is 1. The molecule has 1 aromatic heterocycles. The Labute approximate surface area is 83.9 Å². The van der Waals surface area contributed by atoms with Crippen LogP contribution in [0.25, 0.3) is 0 Å². The van der Waals surface area contributed by atoms with E-state index in [-0.39, 0.29) is 12.1 Å². The molecule has 3 nitrogen and oxygen atoms in total. The van der Waals surface area contributed by atoms with Crippen LogP contribution in [0.5, 0.6) is 0 Å². The van der Waals surface area contributed by atoms with E-state index in [2.05, 4.69) is 4.98 Å². The first-order valence-corrected chi connectivity index (χ1v) is 4.28. The summed E-state index contributed by atoms with van der Waals surface area (Å²) < 4.78 is 35.7. The Morgan fingerprint density at radius 3 is 2.53 bits per heavy atom. The first-order chi connectivity index (χ1) is 6.81. The van der Waals surface area contributed by atoms with Gasteiger partial charge in [0.25, 0.3) is 0 Å². The van der Waals surface area contributed by atoms with Crippen LogP contribution in [0, 0.1) is 6.92 Å². The number of rotatable bonds is 3. The molecular formula is C9H10F3NO2. The van der Waals surface area contributed by atoms with Crippen LogP contribution in [0.15, 0.2) is 6.20 Å². The lowest BCUT2D eigenvalue weighted by molar-refractivity contribution is -0.134. The number of carboxylic acid groups (broad SMARTS) is 1. The van der Waals surface area contributed by atoms with Crippen molar-refractivity contribution in [2.45, 2.75) is 25.9 Å². The number of aryl methyl sites for hydroxylation is 1. The quantitative estimate of drug-likeness (QED) is 0.823. The molecule has 0 amide bonds. The number of aromatic amines is 1. The van der Waals surface area contributed by atoms with Gasteiger partial charge in [0.1, 0.15) is 5.69 Å². The summed E-state index contributed by atoms with van der Waals surface area (Å²) in [4.78, 5) is 13.0. The summed E-state index contributed by atoms with van der Waals surface area (Å²) in [7, 11) is 0. The van der Waals surface area contributed by atoms with Gasteiger partial charge in [-0.3, -0.25) is 0 Å². The van der Waals surface area contributed by atoms with Gasteiger partial charge in [-0.1, -0.05) is 0 Å². The van der Waals surface area contributed by atoms with Crippen molar-refractivity contribution in [2.24, 2.45) is 0 Å². The standard InChI is InChI=1S/C9H10F3NO2/c1-5-6(2-3-9(10,11)12)4-13-7(5)8(14)15/h4,13H,2-3H2,1H3,(H,14,15). The Morgan fingerprint density at radius 1 is 1.53 bits per heavy atom. The SMILES string of the molecule is Cc1c(CCC(F)(F)F)c[nH]c1C(=O)O. The van der Waals surface area contributed by atoms with Gasteiger partial charge in [0.2, 0.25) is 0 Å². The van der Waals surface area contributed by atoms with E-state index in [4.69, 9.17) is 5.11 Å². The molecule has 0 spiro atoms. The highest BCUT2D eigenvalue weighted by atomic mass is 19.4. The summed E-state index contributed by atoms with van der Waals surface area (Å²) in [5.74, 6) is -1.16. The molecule has 0 saturated heterocycles. The Bertz CT molecular complexity index is 368. The molecule has 0 unspecified atom stereocenters. The molecule has 0 aliphatic heterocycles. The molecule has 15 heavy (non-hydrogen) atoms. The Morgan fingerprint density at radius 2 is 2.13 bits per heavy atom. The van der Waals surface area contributed by atoms with E-state index in [9.17, 15) is 18.0 Å². The summed E-state index contributed by atoms with van der Waals surface area (Å²) in [6.07, 6.45) is -4.04. The highest BCUT2D eigenvalue weighted by Gasteiger charge is 2.27. The van der Waals surface area contributed by atoms with Crippen molar-refractivity contribution in [3.05, 3.63) is 23.0 Å². The zero-order valence-corrected chi connectivity index (χ0v) is 7.98. The van der Waals surface area contributed by atoms with Crippen LogP contribution in [0.4, 0.5) is 13.2 Å². The normalized spacial score (nSPS) is 11.7. The number of halogens is 3. The predicted octanol–water partition coefficient (Wildman–Crippen LogP) is 2.52. The predicted molar refractivity (Wildman–Crippen MR) is 46.9 cm³/mol. The van der Waals surface area contributed by atoms with Gasteiger partial charge in [-0.2, -0.15) is 13.2 Å². The van der Waals surface area contributed by atoms with E-state index < -0.39 is 18.6 Å². The van der Waals surface area contributed by atoms with Gasteiger partial charge in [0, 0.05) is 12.6 Å². The van der Waals surface area contributed by atoms with Gasteiger partial charge in [0.05, 0.1) is 0 Å². The van der Waals surface area contributed by atoms with Crippen LogP contribution in [0.3, 0.4) is 0 Å². The second kappa shape index (κ2) is 3.96. The minimum absolute atomic E-state index is 0.0489. The first-order valence-electron chi connectivity index (χ1n) is 4.28. The minimum Gasteiger partial charge on any atom is -0.477 e. The van der Waals surface area contributed by atoms with E-state index in [1.54, 1.807) is 0 Å². The van der Waals surface area contributed by atoms with Crippen molar-refractivity contribution < 1.29 is 23.1 Å². The molecule has 0 atom stereocenters. The summed E-state index contributed by atoms with van der Waals surface area (Å²) in [6, 6.07) is 0. The van der Waals surface area contributed by atoms with Gasteiger partial charge in [0.15, 0.2) is 0 Å². The molecule has 1 aromatic rings. The van der Waals surface area contributed by atoms with Crippen LogP contribution in [0.1, 0.15) is 28.0 Å². The van der Waals surface area contributed by atoms with Crippen LogP contribution in [0.2, 0.25) is 0 Å². The molecule has 0 fully saturated rings. The lowest BCUT2D eigenvalue weighted by atomic mass is 10.1. The van der Waals surface area contributed by atoms with Gasteiger partial charge in [-0.05, 0) is 24.5 Å². The fourth-order valence-electron chi connectivity index (χ4n) is 1.29. The average molecular weight is 221 g/mol. The molecular weight excluding hydrogens is 211 g/mol. The van der Waals surface area contributed by atoms with E-state index in [0.29, 0.717) is 11.1 Å². The van der Waals surface area contributed by atoms with E-state index in [0.717, 1.165) is 0 Å². The molecule has 6 heteroatoms. The van der Waals surface area contributed by atoms with Gasteiger partial charge >= 0.3 is 12.1 Å². The topological polar surface area (TPSA) is 53.1 Å². The monoisotopic (exact) mass is 221 g/mol. The lowest BCUT2D eigenvalue weighted by Crippen LogP contribution is -2.08. The molecule has 1 heterocycles. The number of hydrogen-bond donors (Lipinski definition) is 2. The number of nitrogens with one attached hydrogen (secondary N) is 1. The molecule has 1 rings (SSSR count). The summed E-state index contributed by atoms with van der Waals surface area (Å²) >= 11 is 0. The number of H-pyrrole nitrogens is 1. The van der Waals surface area contributed by atoms with Crippen molar-refractivity contribution >= 4 is 5.97 Å². The van der Waals surface area contributed by atoms with Crippen molar-refractivity contribution in [1.82, 2.24) is 4.98 Å². The first kappa shape index (κ1) is 11.6. The third-order valence-electron chi connectivity index (χ3n) is 2.14. The summed E-state index contributed by atoms with van der Waals surface area (Å²) in [5.41, 5.74) is 0.712. The van der Waals surface area contributed by atoms with Gasteiger partial charge < -0.3 is 10.1 Å². The highest BCUT2D eigenvalue weighted by molar-refractivity contribution is 5.87. The summed E-state index contributed by atoms with van der Waals surface area (Å²) in [6.45, 7) is 1.49. The second-order valence-electron chi connectivity index (χ2n) is 3.23. The molecule has 0 radical (unpaired) electrons.